The van der Waals surface area contributed by atoms with Gasteiger partial charge in [-0.2, -0.15) is 5.10 Å². The predicted molar refractivity (Wildman–Crippen MR) is 110 cm³/mol. The molecule has 0 aliphatic carbocycles. The van der Waals surface area contributed by atoms with Crippen LogP contribution in [0.4, 0.5) is 5.69 Å². The monoisotopic (exact) mass is 380 g/mol. The zero-order valence-corrected chi connectivity index (χ0v) is 15.9. The molecule has 130 valence electrons. The highest BCUT2D eigenvalue weighted by atomic mass is 35.5. The fourth-order valence-electron chi connectivity index (χ4n) is 3.38. The second-order valence-corrected chi connectivity index (χ2v) is 7.27. The second-order valence-electron chi connectivity index (χ2n) is 6.45. The van der Waals surface area contributed by atoms with Crippen molar-refractivity contribution >= 4 is 34.6 Å². The molecule has 0 saturated heterocycles. The third kappa shape index (κ3) is 3.23. The van der Waals surface area contributed by atoms with Crippen LogP contribution in [0.25, 0.3) is 0 Å². The number of hydrazone groups is 1. The average molecular weight is 381 g/mol. The molecule has 0 bridgehead atoms. The van der Waals surface area contributed by atoms with Gasteiger partial charge in [0.05, 0.1) is 17.4 Å². The Kier molecular flexibility index (Phi) is 4.71. The Morgan fingerprint density at radius 3 is 2.27 bits per heavy atom. The number of benzene rings is 3. The zero-order chi connectivity index (χ0) is 18.1. The third-order valence-corrected chi connectivity index (χ3v) is 5.27. The molecule has 0 aromatic heterocycles. The van der Waals surface area contributed by atoms with E-state index in [0.717, 1.165) is 28.9 Å². The number of hydrogen-bond donors (Lipinski definition) is 0. The SMILES string of the molecule is Cc1cccc(C2=NN(c3ccccc3)[C@H](c3c(Cl)cccc3Cl)C2)c1. The number of hydrogen-bond acceptors (Lipinski definition) is 2. The van der Waals surface area contributed by atoms with Crippen LogP contribution in [0.1, 0.15) is 29.2 Å². The summed E-state index contributed by atoms with van der Waals surface area (Å²) in [6, 6.07) is 24.2. The quantitative estimate of drug-likeness (QED) is 0.495. The lowest BCUT2D eigenvalue weighted by Gasteiger charge is -2.25. The van der Waals surface area contributed by atoms with Gasteiger partial charge in [-0.25, -0.2) is 0 Å². The Labute approximate surface area is 163 Å². The van der Waals surface area contributed by atoms with Gasteiger partial charge >= 0.3 is 0 Å². The molecule has 4 heteroatoms. The van der Waals surface area contributed by atoms with Crippen LogP contribution in [0, 0.1) is 6.92 Å². The summed E-state index contributed by atoms with van der Waals surface area (Å²) in [5, 5.41) is 8.32. The molecule has 3 aromatic carbocycles. The van der Waals surface area contributed by atoms with Crippen LogP contribution < -0.4 is 5.01 Å². The van der Waals surface area contributed by atoms with E-state index < -0.39 is 0 Å². The molecule has 1 atom stereocenters. The highest BCUT2D eigenvalue weighted by Crippen LogP contribution is 2.42. The van der Waals surface area contributed by atoms with E-state index in [0.29, 0.717) is 10.0 Å². The van der Waals surface area contributed by atoms with Crippen molar-refractivity contribution in [1.82, 2.24) is 0 Å². The molecule has 0 N–H and O–H groups in total. The van der Waals surface area contributed by atoms with Crippen molar-refractivity contribution in [2.24, 2.45) is 5.10 Å². The van der Waals surface area contributed by atoms with E-state index in [4.69, 9.17) is 28.3 Å². The van der Waals surface area contributed by atoms with Crippen molar-refractivity contribution in [3.05, 3.63) is 99.5 Å². The number of anilines is 1. The van der Waals surface area contributed by atoms with Crippen molar-refractivity contribution in [2.45, 2.75) is 19.4 Å². The number of rotatable bonds is 3. The van der Waals surface area contributed by atoms with Gasteiger partial charge in [-0.1, -0.05) is 77.3 Å². The summed E-state index contributed by atoms with van der Waals surface area (Å²) in [6.07, 6.45) is 0.752. The Hall–Kier alpha value is -2.29. The summed E-state index contributed by atoms with van der Waals surface area (Å²) in [6.45, 7) is 2.09. The van der Waals surface area contributed by atoms with Gasteiger partial charge < -0.3 is 0 Å². The molecule has 2 nitrogen and oxygen atoms in total. The summed E-state index contributed by atoms with van der Waals surface area (Å²) in [5.41, 5.74) is 5.34. The van der Waals surface area contributed by atoms with Crippen molar-refractivity contribution in [3.63, 3.8) is 0 Å². The Bertz CT molecular complexity index is 947. The topological polar surface area (TPSA) is 15.6 Å². The van der Waals surface area contributed by atoms with Gasteiger partial charge in [0.1, 0.15) is 0 Å². The van der Waals surface area contributed by atoms with Gasteiger partial charge in [0, 0.05) is 22.0 Å². The van der Waals surface area contributed by atoms with Crippen LogP contribution >= 0.6 is 23.2 Å². The summed E-state index contributed by atoms with van der Waals surface area (Å²) in [7, 11) is 0. The molecule has 0 spiro atoms. The van der Waals surface area contributed by atoms with E-state index in [1.54, 1.807) is 0 Å². The van der Waals surface area contributed by atoms with E-state index in [-0.39, 0.29) is 6.04 Å². The van der Waals surface area contributed by atoms with E-state index in [1.165, 1.54) is 5.56 Å². The molecule has 0 radical (unpaired) electrons. The standard InChI is InChI=1S/C22H18Cl2N2/c1-15-7-5-8-16(13-15)20-14-21(22-18(23)11-6-12-19(22)24)26(25-20)17-9-3-2-4-10-17/h2-13,21H,14H2,1H3/t21-/m0/s1. The molecule has 0 saturated carbocycles. The van der Waals surface area contributed by atoms with Crippen LogP contribution in [-0.2, 0) is 0 Å². The molecular weight excluding hydrogens is 363 g/mol. The lowest BCUT2D eigenvalue weighted by Crippen LogP contribution is -2.19. The number of aryl methyl sites for hydroxylation is 1. The minimum Gasteiger partial charge on any atom is -0.257 e. The summed E-state index contributed by atoms with van der Waals surface area (Å²) in [4.78, 5) is 0. The van der Waals surface area contributed by atoms with Gasteiger partial charge in [0.15, 0.2) is 0 Å². The predicted octanol–water partition coefficient (Wildman–Crippen LogP) is 6.66. The van der Waals surface area contributed by atoms with Crippen molar-refractivity contribution in [1.29, 1.82) is 0 Å². The first-order valence-corrected chi connectivity index (χ1v) is 9.32. The first-order valence-electron chi connectivity index (χ1n) is 8.56. The molecule has 26 heavy (non-hydrogen) atoms. The minimum absolute atomic E-state index is 0.0332. The van der Waals surface area contributed by atoms with Crippen molar-refractivity contribution in [2.75, 3.05) is 5.01 Å². The molecule has 3 aromatic rings. The van der Waals surface area contributed by atoms with Gasteiger partial charge in [-0.15, -0.1) is 0 Å². The fourth-order valence-corrected chi connectivity index (χ4v) is 4.03. The average Bonchev–Trinajstić information content (AvgIpc) is 3.07. The first-order chi connectivity index (χ1) is 12.6. The number of halogens is 2. The number of para-hydroxylation sites is 1. The van der Waals surface area contributed by atoms with Crippen molar-refractivity contribution < 1.29 is 0 Å². The highest BCUT2D eigenvalue weighted by Gasteiger charge is 2.32. The molecule has 4 rings (SSSR count). The minimum atomic E-state index is -0.0332. The maximum Gasteiger partial charge on any atom is 0.0860 e. The Morgan fingerprint density at radius 2 is 1.58 bits per heavy atom. The lowest BCUT2D eigenvalue weighted by molar-refractivity contribution is 0.709. The summed E-state index contributed by atoms with van der Waals surface area (Å²) in [5.74, 6) is 0. The van der Waals surface area contributed by atoms with Crippen LogP contribution in [0.5, 0.6) is 0 Å². The Balaban J connectivity index is 1.81. The van der Waals surface area contributed by atoms with E-state index in [1.807, 2.05) is 41.4 Å². The largest absolute Gasteiger partial charge is 0.257 e. The lowest BCUT2D eigenvalue weighted by atomic mass is 9.97. The Morgan fingerprint density at radius 1 is 0.885 bits per heavy atom. The van der Waals surface area contributed by atoms with Crippen molar-refractivity contribution in [3.8, 4) is 0 Å². The molecule has 0 amide bonds. The molecule has 1 aliphatic rings. The molecule has 0 fully saturated rings. The van der Waals surface area contributed by atoms with E-state index in [2.05, 4.69) is 43.3 Å². The maximum absolute atomic E-state index is 6.52. The summed E-state index contributed by atoms with van der Waals surface area (Å²) < 4.78 is 0. The molecule has 1 heterocycles. The first kappa shape index (κ1) is 17.1. The second kappa shape index (κ2) is 7.14. The summed E-state index contributed by atoms with van der Waals surface area (Å²) >= 11 is 13.0. The third-order valence-electron chi connectivity index (χ3n) is 4.62. The molecule has 1 aliphatic heterocycles. The van der Waals surface area contributed by atoms with E-state index in [9.17, 15) is 0 Å². The number of nitrogens with zero attached hydrogens (tertiary/aromatic N) is 2. The smallest absolute Gasteiger partial charge is 0.0860 e. The van der Waals surface area contributed by atoms with Gasteiger partial charge in [0.2, 0.25) is 0 Å². The highest BCUT2D eigenvalue weighted by molar-refractivity contribution is 6.36. The van der Waals surface area contributed by atoms with Crippen LogP contribution in [-0.4, -0.2) is 5.71 Å². The van der Waals surface area contributed by atoms with Crippen LogP contribution in [0.3, 0.4) is 0 Å². The fraction of sp³-hybridized carbons (Fsp3) is 0.136. The van der Waals surface area contributed by atoms with Gasteiger partial charge in [0.25, 0.3) is 0 Å². The van der Waals surface area contributed by atoms with Crippen LogP contribution in [0.15, 0.2) is 77.9 Å². The van der Waals surface area contributed by atoms with E-state index >= 15 is 0 Å². The van der Waals surface area contributed by atoms with Gasteiger partial charge in [-0.3, -0.25) is 5.01 Å². The molecular formula is C22H18Cl2N2. The van der Waals surface area contributed by atoms with Gasteiger partial charge in [-0.05, 0) is 36.8 Å². The van der Waals surface area contributed by atoms with Crippen LogP contribution in [0.2, 0.25) is 10.0 Å². The zero-order valence-electron chi connectivity index (χ0n) is 14.4. The normalized spacial score (nSPS) is 16.7. The molecule has 0 unspecified atom stereocenters. The maximum atomic E-state index is 6.52.